The number of aromatic nitrogens is 3. The van der Waals surface area contributed by atoms with E-state index in [1.165, 1.54) is 23.0 Å². The van der Waals surface area contributed by atoms with Crippen molar-refractivity contribution in [3.05, 3.63) is 76.8 Å². The molecule has 3 aromatic carbocycles. The third kappa shape index (κ3) is 3.72. The minimum atomic E-state index is -0.0901. The van der Waals surface area contributed by atoms with Gasteiger partial charge in [0, 0.05) is 11.6 Å². The van der Waals surface area contributed by atoms with Crippen molar-refractivity contribution in [1.82, 2.24) is 14.9 Å². The standard InChI is InChI=1S/C20H16N4O3S/c25-16-7-5-15(18(26)10-16)11-21-24-19(22-23-20(24)28)12-27-17-8-6-13-3-1-2-4-14(13)9-17/h1-11,25-26H,12H2,(H,23,28)/b21-11+. The van der Waals surface area contributed by atoms with Gasteiger partial charge in [0.25, 0.3) is 0 Å². The largest absolute Gasteiger partial charge is 0.508 e. The summed E-state index contributed by atoms with van der Waals surface area (Å²) in [5.41, 5.74) is 0.433. The van der Waals surface area contributed by atoms with Gasteiger partial charge >= 0.3 is 0 Å². The van der Waals surface area contributed by atoms with Crippen LogP contribution in [0, 0.1) is 4.77 Å². The second-order valence-corrected chi connectivity index (χ2v) is 6.43. The van der Waals surface area contributed by atoms with Crippen molar-refractivity contribution in [2.45, 2.75) is 6.61 Å². The van der Waals surface area contributed by atoms with Gasteiger partial charge in [0.15, 0.2) is 5.82 Å². The Bertz CT molecular complexity index is 1230. The minimum Gasteiger partial charge on any atom is -0.508 e. The maximum Gasteiger partial charge on any atom is 0.216 e. The van der Waals surface area contributed by atoms with Crippen LogP contribution in [0.25, 0.3) is 10.8 Å². The normalized spacial score (nSPS) is 11.3. The third-order valence-corrected chi connectivity index (χ3v) is 4.40. The molecule has 7 nitrogen and oxygen atoms in total. The zero-order valence-corrected chi connectivity index (χ0v) is 15.4. The van der Waals surface area contributed by atoms with E-state index in [4.69, 9.17) is 17.0 Å². The number of nitrogens with zero attached hydrogens (tertiary/aromatic N) is 3. The fraction of sp³-hybridized carbons (Fsp3) is 0.0500. The van der Waals surface area contributed by atoms with Crippen molar-refractivity contribution < 1.29 is 14.9 Å². The molecule has 0 bridgehead atoms. The average Bonchev–Trinajstić information content (AvgIpc) is 3.05. The quantitative estimate of drug-likeness (QED) is 0.353. The van der Waals surface area contributed by atoms with E-state index in [9.17, 15) is 10.2 Å². The van der Waals surface area contributed by atoms with Crippen LogP contribution in [-0.4, -0.2) is 31.3 Å². The van der Waals surface area contributed by atoms with E-state index in [0.29, 0.717) is 21.9 Å². The van der Waals surface area contributed by atoms with Crippen molar-refractivity contribution in [1.29, 1.82) is 0 Å². The van der Waals surface area contributed by atoms with Crippen molar-refractivity contribution >= 4 is 29.2 Å². The molecule has 0 fully saturated rings. The lowest BCUT2D eigenvalue weighted by atomic mass is 10.1. The van der Waals surface area contributed by atoms with Crippen molar-refractivity contribution in [3.8, 4) is 17.2 Å². The molecule has 8 heteroatoms. The van der Waals surface area contributed by atoms with Gasteiger partial charge in [-0.2, -0.15) is 14.9 Å². The number of phenols is 2. The molecule has 0 aliphatic rings. The SMILES string of the molecule is Oc1ccc(/C=N/n2c(COc3ccc4ccccc4c3)n[nH]c2=S)c(O)c1. The van der Waals surface area contributed by atoms with Gasteiger partial charge in [0.2, 0.25) is 4.77 Å². The Morgan fingerprint density at radius 1 is 1.07 bits per heavy atom. The summed E-state index contributed by atoms with van der Waals surface area (Å²) in [5.74, 6) is 1.07. The monoisotopic (exact) mass is 392 g/mol. The lowest BCUT2D eigenvalue weighted by Gasteiger charge is -2.07. The van der Waals surface area contributed by atoms with Crippen LogP contribution in [0.15, 0.2) is 65.8 Å². The Balaban J connectivity index is 1.54. The molecule has 0 aliphatic carbocycles. The number of H-pyrrole nitrogens is 1. The first kappa shape index (κ1) is 17.7. The molecule has 1 aromatic heterocycles. The van der Waals surface area contributed by atoms with E-state index in [2.05, 4.69) is 15.3 Å². The lowest BCUT2D eigenvalue weighted by molar-refractivity contribution is 0.291. The summed E-state index contributed by atoms with van der Waals surface area (Å²) in [7, 11) is 0. The number of phenolic OH excluding ortho intramolecular Hbond substituents is 2. The Morgan fingerprint density at radius 3 is 2.71 bits per heavy atom. The Hall–Kier alpha value is -3.65. The van der Waals surface area contributed by atoms with Gasteiger partial charge in [0.1, 0.15) is 23.9 Å². The molecule has 0 aliphatic heterocycles. The first-order chi connectivity index (χ1) is 13.6. The molecule has 4 aromatic rings. The van der Waals surface area contributed by atoms with Gasteiger partial charge in [-0.1, -0.05) is 30.3 Å². The highest BCUT2D eigenvalue weighted by molar-refractivity contribution is 7.71. The van der Waals surface area contributed by atoms with Crippen LogP contribution in [0.5, 0.6) is 17.2 Å². The molecule has 0 amide bonds. The Labute approximate surface area is 165 Å². The van der Waals surface area contributed by atoms with E-state index in [1.54, 1.807) is 6.07 Å². The van der Waals surface area contributed by atoms with Gasteiger partial charge in [-0.25, -0.2) is 5.10 Å². The second kappa shape index (κ2) is 7.53. The van der Waals surface area contributed by atoms with E-state index in [0.717, 1.165) is 10.8 Å². The van der Waals surface area contributed by atoms with Crippen LogP contribution < -0.4 is 4.74 Å². The Morgan fingerprint density at radius 2 is 1.89 bits per heavy atom. The molecule has 0 unspecified atom stereocenters. The van der Waals surface area contributed by atoms with E-state index < -0.39 is 0 Å². The molecule has 140 valence electrons. The maximum atomic E-state index is 9.86. The van der Waals surface area contributed by atoms with Crippen LogP contribution in [-0.2, 0) is 6.61 Å². The van der Waals surface area contributed by atoms with E-state index >= 15 is 0 Å². The number of fused-ring (bicyclic) bond motifs is 1. The van der Waals surface area contributed by atoms with E-state index in [1.807, 2.05) is 42.5 Å². The first-order valence-electron chi connectivity index (χ1n) is 8.44. The first-order valence-corrected chi connectivity index (χ1v) is 8.85. The number of hydrogen-bond donors (Lipinski definition) is 3. The summed E-state index contributed by atoms with van der Waals surface area (Å²) in [5, 5.41) is 32.5. The molecule has 0 radical (unpaired) electrons. The van der Waals surface area contributed by atoms with Gasteiger partial charge in [-0.15, -0.1) is 0 Å². The average molecular weight is 392 g/mol. The predicted molar refractivity (Wildman–Crippen MR) is 108 cm³/mol. The fourth-order valence-electron chi connectivity index (χ4n) is 2.70. The highest BCUT2D eigenvalue weighted by Gasteiger charge is 2.07. The van der Waals surface area contributed by atoms with Gasteiger partial charge in [-0.05, 0) is 47.3 Å². The second-order valence-electron chi connectivity index (χ2n) is 6.04. The Kier molecular flexibility index (Phi) is 4.77. The summed E-state index contributed by atoms with van der Waals surface area (Å²) in [6, 6.07) is 18.1. The van der Waals surface area contributed by atoms with Gasteiger partial charge in [-0.3, -0.25) is 0 Å². The highest BCUT2D eigenvalue weighted by Crippen LogP contribution is 2.22. The number of ether oxygens (including phenoxy) is 1. The molecule has 3 N–H and O–H groups in total. The fourth-order valence-corrected chi connectivity index (χ4v) is 2.90. The molecular weight excluding hydrogens is 376 g/mol. The highest BCUT2D eigenvalue weighted by atomic mass is 32.1. The smallest absolute Gasteiger partial charge is 0.216 e. The summed E-state index contributed by atoms with van der Waals surface area (Å²) in [6.45, 7) is 0.157. The van der Waals surface area contributed by atoms with Crippen molar-refractivity contribution in [3.63, 3.8) is 0 Å². The van der Waals surface area contributed by atoms with Crippen LogP contribution >= 0.6 is 12.2 Å². The number of hydrogen-bond acceptors (Lipinski definition) is 6. The van der Waals surface area contributed by atoms with Crippen molar-refractivity contribution in [2.75, 3.05) is 0 Å². The topological polar surface area (TPSA) is 95.7 Å². The lowest BCUT2D eigenvalue weighted by Crippen LogP contribution is -2.04. The molecule has 0 saturated carbocycles. The predicted octanol–water partition coefficient (Wildman–Crippen LogP) is 3.97. The summed E-state index contributed by atoms with van der Waals surface area (Å²) >= 11 is 5.21. The van der Waals surface area contributed by atoms with Gasteiger partial charge < -0.3 is 14.9 Å². The molecule has 28 heavy (non-hydrogen) atoms. The van der Waals surface area contributed by atoms with Crippen LogP contribution in [0.2, 0.25) is 0 Å². The third-order valence-electron chi connectivity index (χ3n) is 4.13. The molecule has 1 heterocycles. The minimum absolute atomic E-state index is 0.0287. The van der Waals surface area contributed by atoms with E-state index in [-0.39, 0.29) is 18.1 Å². The zero-order chi connectivity index (χ0) is 19.5. The maximum absolute atomic E-state index is 9.86. The molecular formula is C20H16N4O3S. The molecule has 0 spiro atoms. The summed E-state index contributed by atoms with van der Waals surface area (Å²) in [4.78, 5) is 0. The zero-order valence-electron chi connectivity index (χ0n) is 14.6. The molecule has 0 atom stereocenters. The summed E-state index contributed by atoms with van der Waals surface area (Å²) in [6.07, 6.45) is 1.43. The van der Waals surface area contributed by atoms with Crippen molar-refractivity contribution in [2.24, 2.45) is 5.10 Å². The molecule has 4 rings (SSSR count). The number of nitrogens with one attached hydrogen (secondary N) is 1. The molecule has 0 saturated heterocycles. The van der Waals surface area contributed by atoms with Crippen LogP contribution in [0.4, 0.5) is 0 Å². The van der Waals surface area contributed by atoms with Crippen LogP contribution in [0.1, 0.15) is 11.4 Å². The van der Waals surface area contributed by atoms with Crippen LogP contribution in [0.3, 0.4) is 0 Å². The van der Waals surface area contributed by atoms with Gasteiger partial charge in [0.05, 0.1) is 6.21 Å². The number of rotatable bonds is 5. The summed E-state index contributed by atoms with van der Waals surface area (Å²) < 4.78 is 7.56. The number of aromatic hydroxyl groups is 2. The number of benzene rings is 3. The number of aromatic amines is 1.